The van der Waals surface area contributed by atoms with Crippen LogP contribution in [0.4, 0.5) is 5.69 Å². The second kappa shape index (κ2) is 7.53. The van der Waals surface area contributed by atoms with Crippen molar-refractivity contribution in [3.05, 3.63) is 28.2 Å². The monoisotopic (exact) mass is 327 g/mol. The fourth-order valence-electron chi connectivity index (χ4n) is 1.94. The van der Waals surface area contributed by atoms with Crippen molar-refractivity contribution in [3.8, 4) is 0 Å². The van der Waals surface area contributed by atoms with Gasteiger partial charge < -0.3 is 10.4 Å². The van der Waals surface area contributed by atoms with Crippen molar-refractivity contribution in [2.75, 3.05) is 5.32 Å². The molecule has 0 bridgehead atoms. The summed E-state index contributed by atoms with van der Waals surface area (Å²) in [6.07, 6.45) is 3.56. The first-order valence-electron chi connectivity index (χ1n) is 6.69. The van der Waals surface area contributed by atoms with Gasteiger partial charge in [0.25, 0.3) is 0 Å². The zero-order chi connectivity index (χ0) is 14.4. The fraction of sp³-hybridized carbons (Fsp3) is 0.533. The molecule has 106 valence electrons. The van der Waals surface area contributed by atoms with E-state index >= 15 is 0 Å². The van der Waals surface area contributed by atoms with Crippen LogP contribution in [0, 0.1) is 5.92 Å². The molecule has 2 N–H and O–H groups in total. The highest BCUT2D eigenvalue weighted by atomic mass is 79.9. The topological polar surface area (TPSA) is 49.3 Å². The van der Waals surface area contributed by atoms with Gasteiger partial charge in [0.1, 0.15) is 0 Å². The van der Waals surface area contributed by atoms with Gasteiger partial charge in [0.2, 0.25) is 0 Å². The molecular formula is C15H22BrNO2. The molecule has 19 heavy (non-hydrogen) atoms. The second-order valence-electron chi connectivity index (χ2n) is 5.37. The second-order valence-corrected chi connectivity index (χ2v) is 6.22. The number of hydrogen-bond donors (Lipinski definition) is 2. The molecular weight excluding hydrogens is 306 g/mol. The molecule has 0 saturated carbocycles. The highest BCUT2D eigenvalue weighted by molar-refractivity contribution is 9.10. The highest BCUT2D eigenvalue weighted by Gasteiger charge is 2.09. The third-order valence-electron chi connectivity index (χ3n) is 3.04. The minimum Gasteiger partial charge on any atom is -0.478 e. The smallest absolute Gasteiger partial charge is 0.335 e. The molecule has 0 aliphatic heterocycles. The molecule has 1 rings (SSSR count). The molecule has 4 heteroatoms. The number of aromatic carboxylic acids is 1. The molecule has 1 aromatic carbocycles. The number of benzene rings is 1. The molecule has 0 amide bonds. The lowest BCUT2D eigenvalue weighted by atomic mass is 10.0. The van der Waals surface area contributed by atoms with Crippen LogP contribution in [0.3, 0.4) is 0 Å². The zero-order valence-electron chi connectivity index (χ0n) is 11.7. The first kappa shape index (κ1) is 16.0. The van der Waals surface area contributed by atoms with Crippen LogP contribution in [-0.4, -0.2) is 17.1 Å². The lowest BCUT2D eigenvalue weighted by molar-refractivity contribution is 0.0697. The van der Waals surface area contributed by atoms with Crippen molar-refractivity contribution in [2.24, 2.45) is 5.92 Å². The van der Waals surface area contributed by atoms with Gasteiger partial charge in [-0.25, -0.2) is 4.79 Å². The van der Waals surface area contributed by atoms with Crippen LogP contribution in [0.5, 0.6) is 0 Å². The average molecular weight is 328 g/mol. The van der Waals surface area contributed by atoms with Crippen LogP contribution >= 0.6 is 15.9 Å². The summed E-state index contributed by atoms with van der Waals surface area (Å²) in [6, 6.07) is 5.44. The summed E-state index contributed by atoms with van der Waals surface area (Å²) in [5, 5.41) is 12.3. The molecule has 3 nitrogen and oxygen atoms in total. The summed E-state index contributed by atoms with van der Waals surface area (Å²) < 4.78 is 0.795. The van der Waals surface area contributed by atoms with Gasteiger partial charge in [-0.05, 0) is 53.4 Å². The van der Waals surface area contributed by atoms with Gasteiger partial charge in [-0.1, -0.05) is 26.7 Å². The maximum absolute atomic E-state index is 10.9. The van der Waals surface area contributed by atoms with Gasteiger partial charge in [-0.15, -0.1) is 0 Å². The summed E-state index contributed by atoms with van der Waals surface area (Å²) in [5.41, 5.74) is 1.24. The first-order chi connectivity index (χ1) is 8.90. The number of carbonyl (C=O) groups is 1. The molecule has 0 spiro atoms. The predicted octanol–water partition coefficient (Wildman–Crippen LogP) is 4.77. The van der Waals surface area contributed by atoms with E-state index in [1.54, 1.807) is 12.1 Å². The third-order valence-corrected chi connectivity index (χ3v) is 3.69. The fourth-order valence-corrected chi connectivity index (χ4v) is 2.43. The Kier molecular flexibility index (Phi) is 6.35. The van der Waals surface area contributed by atoms with Crippen LogP contribution in [0.2, 0.25) is 0 Å². The Hall–Kier alpha value is -1.03. The van der Waals surface area contributed by atoms with E-state index in [0.717, 1.165) is 22.5 Å². The number of carboxylic acid groups (broad SMARTS) is 1. The maximum atomic E-state index is 10.9. The van der Waals surface area contributed by atoms with Gasteiger partial charge in [0.05, 0.1) is 5.56 Å². The van der Waals surface area contributed by atoms with Crippen molar-refractivity contribution >= 4 is 27.6 Å². The van der Waals surface area contributed by atoms with E-state index in [2.05, 4.69) is 42.0 Å². The first-order valence-corrected chi connectivity index (χ1v) is 7.48. The molecule has 0 heterocycles. The molecule has 0 aliphatic carbocycles. The molecule has 0 saturated heterocycles. The normalized spacial score (nSPS) is 12.5. The Morgan fingerprint density at radius 2 is 2.00 bits per heavy atom. The quantitative estimate of drug-likeness (QED) is 0.758. The van der Waals surface area contributed by atoms with Crippen molar-refractivity contribution in [2.45, 2.75) is 46.1 Å². The van der Waals surface area contributed by atoms with Gasteiger partial charge in [-0.3, -0.25) is 0 Å². The lowest BCUT2D eigenvalue weighted by Gasteiger charge is -2.17. The van der Waals surface area contributed by atoms with E-state index in [4.69, 9.17) is 5.11 Å². The van der Waals surface area contributed by atoms with E-state index < -0.39 is 5.97 Å². The van der Waals surface area contributed by atoms with Crippen LogP contribution in [0.15, 0.2) is 22.7 Å². The number of anilines is 1. The molecule has 1 aromatic rings. The van der Waals surface area contributed by atoms with Crippen molar-refractivity contribution in [1.82, 2.24) is 0 Å². The third kappa shape index (κ3) is 5.64. The standard InChI is InChI=1S/C15H22BrNO2/c1-10(2)5-4-6-11(3)17-14-8-7-12(15(18)19)9-13(14)16/h7-11,17H,4-6H2,1-3H3,(H,18,19). The Morgan fingerprint density at radius 1 is 1.32 bits per heavy atom. The van der Waals surface area contributed by atoms with E-state index in [1.807, 2.05) is 6.07 Å². The summed E-state index contributed by atoms with van der Waals surface area (Å²) >= 11 is 3.41. The SMILES string of the molecule is CC(C)CCCC(C)Nc1ccc(C(=O)O)cc1Br. The molecule has 1 unspecified atom stereocenters. The van der Waals surface area contributed by atoms with Gasteiger partial charge >= 0.3 is 5.97 Å². The van der Waals surface area contributed by atoms with Crippen LogP contribution in [-0.2, 0) is 0 Å². The van der Waals surface area contributed by atoms with Gasteiger partial charge in [0, 0.05) is 16.2 Å². The van der Waals surface area contributed by atoms with Gasteiger partial charge in [0.15, 0.2) is 0 Å². The minimum absolute atomic E-state index is 0.296. The predicted molar refractivity (Wildman–Crippen MR) is 82.9 cm³/mol. The summed E-state index contributed by atoms with van der Waals surface area (Å²) in [6.45, 7) is 6.62. The number of hydrogen-bond acceptors (Lipinski definition) is 2. The summed E-state index contributed by atoms with van der Waals surface area (Å²) in [5.74, 6) is -0.161. The van der Waals surface area contributed by atoms with E-state index in [0.29, 0.717) is 11.6 Å². The van der Waals surface area contributed by atoms with Crippen molar-refractivity contribution in [3.63, 3.8) is 0 Å². The minimum atomic E-state index is -0.905. The number of rotatable bonds is 7. The number of carboxylic acids is 1. The summed E-state index contributed by atoms with van der Waals surface area (Å²) in [4.78, 5) is 10.9. The molecule has 0 aliphatic rings. The van der Waals surface area contributed by atoms with E-state index in [1.165, 1.54) is 12.8 Å². The largest absolute Gasteiger partial charge is 0.478 e. The molecule has 0 fully saturated rings. The maximum Gasteiger partial charge on any atom is 0.335 e. The highest BCUT2D eigenvalue weighted by Crippen LogP contribution is 2.25. The van der Waals surface area contributed by atoms with Crippen LogP contribution in [0.1, 0.15) is 50.4 Å². The number of nitrogens with one attached hydrogen (secondary N) is 1. The molecule has 0 radical (unpaired) electrons. The van der Waals surface area contributed by atoms with Crippen LogP contribution in [0.25, 0.3) is 0 Å². The van der Waals surface area contributed by atoms with E-state index in [-0.39, 0.29) is 0 Å². The number of halogens is 1. The zero-order valence-corrected chi connectivity index (χ0v) is 13.3. The van der Waals surface area contributed by atoms with Crippen LogP contribution < -0.4 is 5.32 Å². The van der Waals surface area contributed by atoms with Crippen molar-refractivity contribution < 1.29 is 9.90 Å². The molecule has 1 atom stereocenters. The van der Waals surface area contributed by atoms with Gasteiger partial charge in [-0.2, -0.15) is 0 Å². The Labute approximate surface area is 123 Å². The van der Waals surface area contributed by atoms with Crippen molar-refractivity contribution in [1.29, 1.82) is 0 Å². The Bertz CT molecular complexity index is 432. The lowest BCUT2D eigenvalue weighted by Crippen LogP contribution is -2.15. The Morgan fingerprint density at radius 3 is 2.53 bits per heavy atom. The average Bonchev–Trinajstić information content (AvgIpc) is 2.31. The molecule has 0 aromatic heterocycles. The van der Waals surface area contributed by atoms with E-state index in [9.17, 15) is 4.79 Å². The Balaban J connectivity index is 2.54. The summed E-state index contributed by atoms with van der Waals surface area (Å²) in [7, 11) is 0.